The molecule has 0 fully saturated rings. The van der Waals surface area contributed by atoms with Crippen molar-refractivity contribution in [2.75, 3.05) is 0 Å². The second kappa shape index (κ2) is 10.9. The molecular formula is C36H26N2OPtS. The van der Waals surface area contributed by atoms with Gasteiger partial charge in [0.1, 0.15) is 0 Å². The predicted octanol–water partition coefficient (Wildman–Crippen LogP) is 10.0. The first kappa shape index (κ1) is 27.3. The maximum absolute atomic E-state index is 6.27. The van der Waals surface area contributed by atoms with Crippen LogP contribution in [-0.2, 0) is 26.5 Å². The fourth-order valence-corrected chi connectivity index (χ4v) is 6.42. The Bertz CT molecular complexity index is 2040. The van der Waals surface area contributed by atoms with E-state index in [-0.39, 0.29) is 26.5 Å². The smallest absolute Gasteiger partial charge is 0.497 e. The molecule has 0 aliphatic carbocycles. The molecule has 0 aliphatic heterocycles. The molecule has 4 aromatic carbocycles. The van der Waals surface area contributed by atoms with Crippen molar-refractivity contribution < 1.29 is 25.8 Å². The molecule has 3 heterocycles. The van der Waals surface area contributed by atoms with E-state index in [1.165, 1.54) is 31.8 Å². The van der Waals surface area contributed by atoms with Crippen molar-refractivity contribution in [2.24, 2.45) is 0 Å². The summed E-state index contributed by atoms with van der Waals surface area (Å²) in [5, 5.41) is 4.98. The van der Waals surface area contributed by atoms with E-state index in [4.69, 9.17) is 9.72 Å². The quantitative estimate of drug-likeness (QED) is 0.169. The van der Waals surface area contributed by atoms with Crippen molar-refractivity contribution in [1.82, 2.24) is 9.97 Å². The summed E-state index contributed by atoms with van der Waals surface area (Å²) >= 11 is 1.79. The first-order chi connectivity index (χ1) is 19.4. The van der Waals surface area contributed by atoms with Gasteiger partial charge in [-0.05, 0) is 45.0 Å². The van der Waals surface area contributed by atoms with Crippen LogP contribution in [0.25, 0.3) is 53.5 Å². The number of ether oxygens (including phenoxy) is 1. The van der Waals surface area contributed by atoms with E-state index in [1.54, 1.807) is 11.3 Å². The second-order valence-corrected chi connectivity index (χ2v) is 12.0. The van der Waals surface area contributed by atoms with Crippen LogP contribution in [0.4, 0.5) is 0 Å². The van der Waals surface area contributed by atoms with Crippen molar-refractivity contribution in [3.05, 3.63) is 121 Å². The fourth-order valence-electron chi connectivity index (χ4n) is 5.09. The van der Waals surface area contributed by atoms with Gasteiger partial charge in [-0.2, -0.15) is 0 Å². The van der Waals surface area contributed by atoms with Crippen LogP contribution in [0, 0.1) is 12.1 Å². The van der Waals surface area contributed by atoms with Crippen LogP contribution in [-0.4, -0.2) is 9.97 Å². The Morgan fingerprint density at radius 1 is 0.659 bits per heavy atom. The SMILES string of the molecule is CC(C)(C)c1ccnc(-c2[c-]c(Oc3[c-]c(-c4nccc5c4sc4c6ccccc6ccc54)ccc3)ccc2)c1.[Pt+2]. The second-order valence-electron chi connectivity index (χ2n) is 10.9. The maximum Gasteiger partial charge on any atom is 2.00 e. The van der Waals surface area contributed by atoms with Crippen LogP contribution >= 0.6 is 11.3 Å². The molecular weight excluding hydrogens is 704 g/mol. The molecule has 0 aliphatic rings. The van der Waals surface area contributed by atoms with E-state index in [9.17, 15) is 0 Å². The molecule has 0 radical (unpaired) electrons. The summed E-state index contributed by atoms with van der Waals surface area (Å²) in [4.78, 5) is 9.38. The predicted molar refractivity (Wildman–Crippen MR) is 166 cm³/mol. The summed E-state index contributed by atoms with van der Waals surface area (Å²) in [6.45, 7) is 6.61. The molecule has 3 aromatic heterocycles. The van der Waals surface area contributed by atoms with Gasteiger partial charge in [-0.25, -0.2) is 0 Å². The van der Waals surface area contributed by atoms with Crippen LogP contribution in [0.1, 0.15) is 26.3 Å². The zero-order valence-electron chi connectivity index (χ0n) is 22.8. The zero-order valence-corrected chi connectivity index (χ0v) is 25.9. The maximum atomic E-state index is 6.27. The molecule has 0 saturated carbocycles. The molecule has 0 bridgehead atoms. The van der Waals surface area contributed by atoms with E-state index in [0.717, 1.165) is 27.2 Å². The van der Waals surface area contributed by atoms with Gasteiger partial charge in [-0.1, -0.05) is 75.4 Å². The standard InChI is InChI=1S/C36H26N2OS.Pt/c1-36(2,3)26-16-18-37-32(22-26)24-9-6-11-27(20-24)39-28-12-7-10-25(21-28)33-35-31(17-19-38-33)30-15-14-23-8-4-5-13-29(23)34(30)40-35;/h4-19,22H,1-3H3;/q-2;+2. The van der Waals surface area contributed by atoms with Gasteiger partial charge in [0.25, 0.3) is 0 Å². The Kier molecular flexibility index (Phi) is 7.23. The number of nitrogens with zero attached hydrogens (tertiary/aromatic N) is 2. The summed E-state index contributed by atoms with van der Waals surface area (Å²) in [5.41, 5.74) is 4.85. The van der Waals surface area contributed by atoms with Crippen molar-refractivity contribution in [3.8, 4) is 34.0 Å². The van der Waals surface area contributed by atoms with Crippen molar-refractivity contribution >= 4 is 42.3 Å². The number of benzene rings is 4. The summed E-state index contributed by atoms with van der Waals surface area (Å²) in [6.07, 6.45) is 3.75. The molecule has 0 N–H and O–H groups in total. The number of hydrogen-bond acceptors (Lipinski definition) is 4. The first-order valence-electron chi connectivity index (χ1n) is 13.3. The number of hydrogen-bond donors (Lipinski definition) is 0. The largest absolute Gasteiger partial charge is 2.00 e. The van der Waals surface area contributed by atoms with Crippen LogP contribution in [0.5, 0.6) is 11.5 Å². The molecule has 41 heavy (non-hydrogen) atoms. The van der Waals surface area contributed by atoms with E-state index < -0.39 is 0 Å². The van der Waals surface area contributed by atoms with Gasteiger partial charge >= 0.3 is 21.1 Å². The minimum absolute atomic E-state index is 0. The number of thiophene rings is 1. The van der Waals surface area contributed by atoms with Crippen molar-refractivity contribution in [3.63, 3.8) is 0 Å². The third-order valence-electron chi connectivity index (χ3n) is 7.19. The fraction of sp³-hybridized carbons (Fsp3) is 0.111. The molecule has 3 nitrogen and oxygen atoms in total. The first-order valence-corrected chi connectivity index (χ1v) is 14.1. The molecule has 0 spiro atoms. The minimum Gasteiger partial charge on any atom is -0.497 e. The van der Waals surface area contributed by atoms with Crippen LogP contribution in [0.15, 0.2) is 103 Å². The Labute approximate surface area is 258 Å². The van der Waals surface area contributed by atoms with E-state index >= 15 is 0 Å². The molecule has 202 valence electrons. The monoisotopic (exact) mass is 729 g/mol. The third-order valence-corrected chi connectivity index (χ3v) is 8.45. The molecule has 0 saturated heterocycles. The Morgan fingerprint density at radius 2 is 1.37 bits per heavy atom. The summed E-state index contributed by atoms with van der Waals surface area (Å²) < 4.78 is 8.70. The minimum atomic E-state index is 0. The number of rotatable bonds is 4. The molecule has 0 atom stereocenters. The summed E-state index contributed by atoms with van der Waals surface area (Å²) in [7, 11) is 0. The molecule has 5 heteroatoms. The molecule has 7 rings (SSSR count). The van der Waals surface area contributed by atoms with Gasteiger partial charge in [-0.15, -0.1) is 58.9 Å². The third kappa shape index (κ3) is 5.19. The number of aromatic nitrogens is 2. The number of pyridine rings is 2. The number of fused-ring (bicyclic) bond motifs is 5. The van der Waals surface area contributed by atoms with Gasteiger partial charge < -0.3 is 14.7 Å². The molecule has 7 aromatic rings. The molecule has 0 unspecified atom stereocenters. The Hall–Kier alpha value is -3.85. The van der Waals surface area contributed by atoms with Crippen molar-refractivity contribution in [1.29, 1.82) is 0 Å². The van der Waals surface area contributed by atoms with Gasteiger partial charge in [0.2, 0.25) is 0 Å². The average molecular weight is 730 g/mol. The van der Waals surface area contributed by atoms with Gasteiger partial charge in [0.15, 0.2) is 0 Å². The van der Waals surface area contributed by atoms with E-state index in [1.807, 2.05) is 48.8 Å². The van der Waals surface area contributed by atoms with Crippen LogP contribution in [0.2, 0.25) is 0 Å². The van der Waals surface area contributed by atoms with E-state index in [2.05, 4.69) is 92.5 Å². The summed E-state index contributed by atoms with van der Waals surface area (Å²) in [5.74, 6) is 1.24. The van der Waals surface area contributed by atoms with Crippen LogP contribution < -0.4 is 4.74 Å². The van der Waals surface area contributed by atoms with Gasteiger partial charge in [0, 0.05) is 44.4 Å². The van der Waals surface area contributed by atoms with Crippen LogP contribution in [0.3, 0.4) is 0 Å². The van der Waals surface area contributed by atoms with Gasteiger partial charge in [0.05, 0.1) is 0 Å². The Morgan fingerprint density at radius 3 is 2.17 bits per heavy atom. The van der Waals surface area contributed by atoms with Gasteiger partial charge in [-0.3, -0.25) is 0 Å². The van der Waals surface area contributed by atoms with Crippen molar-refractivity contribution in [2.45, 2.75) is 26.2 Å². The van der Waals surface area contributed by atoms with E-state index in [0.29, 0.717) is 11.5 Å². The zero-order chi connectivity index (χ0) is 27.3. The average Bonchev–Trinajstić information content (AvgIpc) is 3.37. The summed E-state index contributed by atoms with van der Waals surface area (Å²) in [6, 6.07) is 38.0. The normalized spacial score (nSPS) is 11.6. The topological polar surface area (TPSA) is 35.0 Å². The Balaban J connectivity index is 0.00000302. The molecule has 0 amide bonds.